The molecule has 1 N–H and O–H groups in total. The van der Waals surface area contributed by atoms with Crippen molar-refractivity contribution in [1.82, 2.24) is 4.72 Å². The van der Waals surface area contributed by atoms with Crippen LogP contribution in [0.4, 0.5) is 0 Å². The number of hydrogen-bond donors (Lipinski definition) is 1. The summed E-state index contributed by atoms with van der Waals surface area (Å²) < 4.78 is 38.3. The first-order chi connectivity index (χ1) is 10.9. The normalized spacial score (nSPS) is 12.7. The third-order valence-electron chi connectivity index (χ3n) is 3.56. The van der Waals surface area contributed by atoms with Crippen LogP contribution in [0.5, 0.6) is 11.5 Å². The molecule has 0 aromatic heterocycles. The molecule has 0 fully saturated rings. The van der Waals surface area contributed by atoms with Gasteiger partial charge in [-0.15, -0.1) is 0 Å². The SMILES string of the molecule is COc1ccc([C@H](C)NS(=O)(=O)c2cc(C)ccc2OC)cc1. The number of benzene rings is 2. The summed E-state index contributed by atoms with van der Waals surface area (Å²) in [6.45, 7) is 3.63. The van der Waals surface area contributed by atoms with E-state index in [1.54, 1.807) is 38.3 Å². The topological polar surface area (TPSA) is 64.6 Å². The van der Waals surface area contributed by atoms with Crippen LogP contribution in [0, 0.1) is 6.92 Å². The maximum atomic E-state index is 12.7. The smallest absolute Gasteiger partial charge is 0.244 e. The molecule has 23 heavy (non-hydrogen) atoms. The summed E-state index contributed by atoms with van der Waals surface area (Å²) in [7, 11) is -0.651. The largest absolute Gasteiger partial charge is 0.497 e. The number of sulfonamides is 1. The van der Waals surface area contributed by atoms with E-state index in [2.05, 4.69) is 4.72 Å². The lowest BCUT2D eigenvalue weighted by Gasteiger charge is -2.17. The van der Waals surface area contributed by atoms with Crippen LogP contribution in [0.1, 0.15) is 24.1 Å². The van der Waals surface area contributed by atoms with Crippen molar-refractivity contribution in [3.05, 3.63) is 53.6 Å². The molecule has 2 aromatic rings. The lowest BCUT2D eigenvalue weighted by Crippen LogP contribution is -2.27. The number of rotatable bonds is 6. The first kappa shape index (κ1) is 17.3. The van der Waals surface area contributed by atoms with Crippen molar-refractivity contribution in [3.8, 4) is 11.5 Å². The van der Waals surface area contributed by atoms with Crippen LogP contribution < -0.4 is 14.2 Å². The zero-order chi connectivity index (χ0) is 17.0. The monoisotopic (exact) mass is 335 g/mol. The van der Waals surface area contributed by atoms with E-state index < -0.39 is 10.0 Å². The fourth-order valence-corrected chi connectivity index (χ4v) is 3.74. The van der Waals surface area contributed by atoms with Gasteiger partial charge < -0.3 is 9.47 Å². The minimum Gasteiger partial charge on any atom is -0.497 e. The van der Waals surface area contributed by atoms with Gasteiger partial charge in [0.1, 0.15) is 16.4 Å². The highest BCUT2D eigenvalue weighted by molar-refractivity contribution is 7.89. The van der Waals surface area contributed by atoms with Crippen LogP contribution in [0.3, 0.4) is 0 Å². The predicted molar refractivity (Wildman–Crippen MR) is 89.5 cm³/mol. The molecule has 0 bridgehead atoms. The summed E-state index contributed by atoms with van der Waals surface area (Å²) in [5.41, 5.74) is 1.70. The molecule has 5 nitrogen and oxygen atoms in total. The highest BCUT2D eigenvalue weighted by Gasteiger charge is 2.22. The van der Waals surface area contributed by atoms with E-state index in [1.165, 1.54) is 7.11 Å². The Hall–Kier alpha value is -2.05. The van der Waals surface area contributed by atoms with Gasteiger partial charge in [-0.1, -0.05) is 18.2 Å². The van der Waals surface area contributed by atoms with Crippen LogP contribution in [-0.4, -0.2) is 22.6 Å². The molecule has 0 aliphatic carbocycles. The maximum absolute atomic E-state index is 12.7. The molecule has 2 aromatic carbocycles. The number of aryl methyl sites for hydroxylation is 1. The van der Waals surface area contributed by atoms with Crippen molar-refractivity contribution in [1.29, 1.82) is 0 Å². The van der Waals surface area contributed by atoms with E-state index in [-0.39, 0.29) is 10.9 Å². The zero-order valence-corrected chi connectivity index (χ0v) is 14.5. The lowest BCUT2D eigenvalue weighted by molar-refractivity contribution is 0.402. The highest BCUT2D eigenvalue weighted by Crippen LogP contribution is 2.26. The van der Waals surface area contributed by atoms with Gasteiger partial charge in [0.25, 0.3) is 0 Å². The van der Waals surface area contributed by atoms with Crippen LogP contribution in [-0.2, 0) is 10.0 Å². The van der Waals surface area contributed by atoms with Gasteiger partial charge in [0, 0.05) is 6.04 Å². The summed E-state index contributed by atoms with van der Waals surface area (Å²) >= 11 is 0. The third kappa shape index (κ3) is 4.03. The molecular weight excluding hydrogens is 314 g/mol. The fourth-order valence-electron chi connectivity index (χ4n) is 2.25. The Bertz CT molecular complexity index is 770. The molecule has 0 aliphatic rings. The maximum Gasteiger partial charge on any atom is 0.244 e. The van der Waals surface area contributed by atoms with E-state index in [1.807, 2.05) is 25.1 Å². The van der Waals surface area contributed by atoms with Gasteiger partial charge in [-0.25, -0.2) is 13.1 Å². The minimum atomic E-state index is -3.69. The van der Waals surface area contributed by atoms with Gasteiger partial charge >= 0.3 is 0 Å². The van der Waals surface area contributed by atoms with Crippen molar-refractivity contribution in [3.63, 3.8) is 0 Å². The Morgan fingerprint density at radius 2 is 1.65 bits per heavy atom. The van der Waals surface area contributed by atoms with E-state index in [0.29, 0.717) is 5.75 Å². The van der Waals surface area contributed by atoms with Gasteiger partial charge in [0.05, 0.1) is 14.2 Å². The van der Waals surface area contributed by atoms with E-state index in [4.69, 9.17) is 9.47 Å². The van der Waals surface area contributed by atoms with E-state index in [0.717, 1.165) is 16.9 Å². The Balaban J connectivity index is 2.28. The second-order valence-electron chi connectivity index (χ2n) is 5.27. The summed E-state index contributed by atoms with van der Waals surface area (Å²) in [4.78, 5) is 0.139. The number of ether oxygens (including phenoxy) is 2. The quantitative estimate of drug-likeness (QED) is 0.881. The first-order valence-corrected chi connectivity index (χ1v) is 8.66. The van der Waals surface area contributed by atoms with Crippen LogP contribution in [0.25, 0.3) is 0 Å². The van der Waals surface area contributed by atoms with Crippen molar-refractivity contribution >= 4 is 10.0 Å². The molecule has 124 valence electrons. The van der Waals surface area contributed by atoms with E-state index >= 15 is 0 Å². The van der Waals surface area contributed by atoms with E-state index in [9.17, 15) is 8.42 Å². The second-order valence-corrected chi connectivity index (χ2v) is 6.95. The average molecular weight is 335 g/mol. The molecule has 6 heteroatoms. The van der Waals surface area contributed by atoms with Gasteiger partial charge in [-0.2, -0.15) is 0 Å². The van der Waals surface area contributed by atoms with Crippen molar-refractivity contribution in [2.75, 3.05) is 14.2 Å². The number of methoxy groups -OCH3 is 2. The number of nitrogens with one attached hydrogen (secondary N) is 1. The molecule has 0 amide bonds. The summed E-state index contributed by atoms with van der Waals surface area (Å²) in [6.07, 6.45) is 0. The Morgan fingerprint density at radius 1 is 1.00 bits per heavy atom. The third-order valence-corrected chi connectivity index (χ3v) is 5.12. The first-order valence-electron chi connectivity index (χ1n) is 7.18. The van der Waals surface area contributed by atoms with Crippen molar-refractivity contribution in [2.24, 2.45) is 0 Å². The molecule has 2 rings (SSSR count). The van der Waals surface area contributed by atoms with Crippen molar-refractivity contribution in [2.45, 2.75) is 24.8 Å². The molecule has 0 saturated heterocycles. The summed E-state index contributed by atoms with van der Waals surface area (Å²) in [5, 5.41) is 0. The van der Waals surface area contributed by atoms with Gasteiger partial charge in [-0.3, -0.25) is 0 Å². The zero-order valence-electron chi connectivity index (χ0n) is 13.7. The fraction of sp³-hybridized carbons (Fsp3) is 0.294. The molecule has 0 radical (unpaired) electrons. The lowest BCUT2D eigenvalue weighted by atomic mass is 10.1. The van der Waals surface area contributed by atoms with Crippen molar-refractivity contribution < 1.29 is 17.9 Å². The van der Waals surface area contributed by atoms with Gasteiger partial charge in [-0.05, 0) is 49.2 Å². The van der Waals surface area contributed by atoms with Crippen LogP contribution >= 0.6 is 0 Å². The molecular formula is C17H21NO4S. The molecule has 0 spiro atoms. The van der Waals surface area contributed by atoms with Crippen LogP contribution in [0.2, 0.25) is 0 Å². The van der Waals surface area contributed by atoms with Crippen LogP contribution in [0.15, 0.2) is 47.4 Å². The van der Waals surface area contributed by atoms with Gasteiger partial charge in [0.15, 0.2) is 0 Å². The Morgan fingerprint density at radius 3 is 2.22 bits per heavy atom. The molecule has 1 atom stereocenters. The number of hydrogen-bond acceptors (Lipinski definition) is 4. The standard InChI is InChI=1S/C17H21NO4S/c1-12-5-10-16(22-4)17(11-12)23(19,20)18-13(2)14-6-8-15(21-3)9-7-14/h5-11,13,18H,1-4H3/t13-/m0/s1. The molecule has 0 saturated carbocycles. The summed E-state index contributed by atoms with van der Waals surface area (Å²) in [6, 6.07) is 11.9. The highest BCUT2D eigenvalue weighted by atomic mass is 32.2. The minimum absolute atomic E-state index is 0.139. The molecule has 0 heterocycles. The second kappa shape index (κ2) is 7.02. The molecule has 0 aliphatic heterocycles. The Kier molecular flexibility index (Phi) is 5.28. The summed E-state index contributed by atoms with van der Waals surface area (Å²) in [5.74, 6) is 1.05. The van der Waals surface area contributed by atoms with Gasteiger partial charge in [0.2, 0.25) is 10.0 Å². The average Bonchev–Trinajstić information content (AvgIpc) is 2.54. The predicted octanol–water partition coefficient (Wildman–Crippen LogP) is 3.05. The Labute approximate surface area is 137 Å². The molecule has 0 unspecified atom stereocenters.